The highest BCUT2D eigenvalue weighted by atomic mass is 19.1. The average molecular weight is 267 g/mol. The van der Waals surface area contributed by atoms with Crippen LogP contribution in [-0.2, 0) is 0 Å². The van der Waals surface area contributed by atoms with Crippen molar-refractivity contribution in [3.05, 3.63) is 39.7 Å². The molecular weight excluding hydrogens is 253 g/mol. The highest BCUT2D eigenvalue weighted by molar-refractivity contribution is 5.95. The number of carbonyl (C=O) groups is 1. The zero-order valence-corrected chi connectivity index (χ0v) is 10.4. The lowest BCUT2D eigenvalue weighted by Gasteiger charge is -2.31. The van der Waals surface area contributed by atoms with Gasteiger partial charge in [0.1, 0.15) is 5.82 Å². The Morgan fingerprint density at radius 3 is 2.89 bits per heavy atom. The number of nitro groups is 1. The van der Waals surface area contributed by atoms with E-state index in [1.165, 1.54) is 0 Å². The normalized spacial score (nSPS) is 19.3. The minimum Gasteiger partial charge on any atom is -0.336 e. The first-order chi connectivity index (χ1) is 8.97. The summed E-state index contributed by atoms with van der Waals surface area (Å²) in [7, 11) is 0. The van der Waals surface area contributed by atoms with Crippen molar-refractivity contribution in [1.82, 2.24) is 10.2 Å². The first-order valence-electron chi connectivity index (χ1n) is 5.95. The van der Waals surface area contributed by atoms with Crippen molar-refractivity contribution >= 4 is 11.6 Å². The third-order valence-electron chi connectivity index (χ3n) is 3.00. The maximum Gasteiger partial charge on any atom is 0.273 e. The van der Waals surface area contributed by atoms with Crippen LogP contribution in [0.4, 0.5) is 10.1 Å². The molecule has 0 saturated carbocycles. The Labute approximate surface area is 109 Å². The first-order valence-corrected chi connectivity index (χ1v) is 5.95. The van der Waals surface area contributed by atoms with Crippen LogP contribution >= 0.6 is 0 Å². The molecular formula is C12H14FN3O3. The van der Waals surface area contributed by atoms with Crippen LogP contribution in [0.2, 0.25) is 0 Å². The summed E-state index contributed by atoms with van der Waals surface area (Å²) < 4.78 is 13.3. The van der Waals surface area contributed by atoms with Gasteiger partial charge in [-0.05, 0) is 13.0 Å². The molecule has 0 bridgehead atoms. The third kappa shape index (κ3) is 3.05. The van der Waals surface area contributed by atoms with Crippen molar-refractivity contribution in [1.29, 1.82) is 0 Å². The van der Waals surface area contributed by atoms with E-state index in [9.17, 15) is 19.3 Å². The van der Waals surface area contributed by atoms with Gasteiger partial charge in [0, 0.05) is 37.3 Å². The summed E-state index contributed by atoms with van der Waals surface area (Å²) in [5.74, 6) is -1.16. The second-order valence-electron chi connectivity index (χ2n) is 4.56. The summed E-state index contributed by atoms with van der Waals surface area (Å²) in [6, 6.07) is 3.10. The quantitative estimate of drug-likeness (QED) is 0.644. The van der Waals surface area contributed by atoms with E-state index in [0.29, 0.717) is 19.6 Å². The number of rotatable bonds is 2. The SMILES string of the molecule is C[C@H]1CN(C(=O)c2cc(F)cc([N+](=O)[O-])c2)CCN1. The summed E-state index contributed by atoms with van der Waals surface area (Å²) in [6.07, 6.45) is 0. The summed E-state index contributed by atoms with van der Waals surface area (Å²) in [6.45, 7) is 3.61. The van der Waals surface area contributed by atoms with E-state index >= 15 is 0 Å². The summed E-state index contributed by atoms with van der Waals surface area (Å²) in [4.78, 5) is 23.7. The standard InChI is InChI=1S/C12H14FN3O3/c1-8-7-15(3-2-14-8)12(17)9-4-10(13)6-11(5-9)16(18)19/h4-6,8,14H,2-3,7H2,1H3/t8-/m0/s1. The van der Waals surface area contributed by atoms with Crippen LogP contribution in [0.5, 0.6) is 0 Å². The largest absolute Gasteiger partial charge is 0.336 e. The molecule has 1 aliphatic heterocycles. The summed E-state index contributed by atoms with van der Waals surface area (Å²) >= 11 is 0. The predicted octanol–water partition coefficient (Wildman–Crippen LogP) is 1.17. The number of hydrogen-bond donors (Lipinski definition) is 1. The molecule has 1 heterocycles. The first kappa shape index (κ1) is 13.4. The molecule has 0 aromatic heterocycles. The number of hydrogen-bond acceptors (Lipinski definition) is 4. The number of nitro benzene ring substituents is 1. The van der Waals surface area contributed by atoms with E-state index < -0.39 is 16.4 Å². The number of non-ortho nitro benzene ring substituents is 1. The molecule has 6 nitrogen and oxygen atoms in total. The molecule has 1 aliphatic rings. The van der Waals surface area contributed by atoms with Gasteiger partial charge in [-0.2, -0.15) is 0 Å². The fraction of sp³-hybridized carbons (Fsp3) is 0.417. The Morgan fingerprint density at radius 2 is 2.26 bits per heavy atom. The minimum absolute atomic E-state index is 0.0146. The van der Waals surface area contributed by atoms with Gasteiger partial charge >= 0.3 is 0 Å². The Morgan fingerprint density at radius 1 is 1.53 bits per heavy atom. The second kappa shape index (κ2) is 5.31. The number of amides is 1. The van der Waals surface area contributed by atoms with Gasteiger partial charge in [-0.1, -0.05) is 0 Å². The van der Waals surface area contributed by atoms with Crippen molar-refractivity contribution in [2.75, 3.05) is 19.6 Å². The van der Waals surface area contributed by atoms with Crippen LogP contribution in [0, 0.1) is 15.9 Å². The van der Waals surface area contributed by atoms with Crippen molar-refractivity contribution < 1.29 is 14.1 Å². The predicted molar refractivity (Wildman–Crippen MR) is 66.4 cm³/mol. The van der Waals surface area contributed by atoms with Gasteiger partial charge in [-0.25, -0.2) is 4.39 Å². The number of halogens is 1. The lowest BCUT2D eigenvalue weighted by Crippen LogP contribution is -2.51. The highest BCUT2D eigenvalue weighted by Crippen LogP contribution is 2.18. The molecule has 1 atom stereocenters. The van der Waals surface area contributed by atoms with Gasteiger partial charge in [-0.3, -0.25) is 14.9 Å². The lowest BCUT2D eigenvalue weighted by atomic mass is 10.1. The smallest absolute Gasteiger partial charge is 0.273 e. The maximum absolute atomic E-state index is 13.3. The summed E-state index contributed by atoms with van der Waals surface area (Å²) in [5, 5.41) is 13.8. The molecule has 7 heteroatoms. The monoisotopic (exact) mass is 267 g/mol. The number of nitrogens with one attached hydrogen (secondary N) is 1. The van der Waals surface area contributed by atoms with Crippen molar-refractivity contribution in [3.63, 3.8) is 0 Å². The molecule has 0 spiro atoms. The molecule has 1 aromatic rings. The molecule has 1 aromatic carbocycles. The van der Waals surface area contributed by atoms with Gasteiger partial charge in [0.05, 0.1) is 11.0 Å². The zero-order valence-electron chi connectivity index (χ0n) is 10.4. The Hall–Kier alpha value is -2.02. The van der Waals surface area contributed by atoms with Gasteiger partial charge in [0.2, 0.25) is 0 Å². The Balaban J connectivity index is 2.25. The molecule has 1 amide bonds. The zero-order chi connectivity index (χ0) is 14.0. The van der Waals surface area contributed by atoms with Gasteiger partial charge in [0.25, 0.3) is 11.6 Å². The molecule has 0 radical (unpaired) electrons. The van der Waals surface area contributed by atoms with Gasteiger partial charge < -0.3 is 10.2 Å². The van der Waals surface area contributed by atoms with Crippen LogP contribution in [-0.4, -0.2) is 41.4 Å². The highest BCUT2D eigenvalue weighted by Gasteiger charge is 2.23. The van der Waals surface area contributed by atoms with E-state index in [0.717, 1.165) is 18.2 Å². The van der Waals surface area contributed by atoms with Crippen molar-refractivity contribution in [3.8, 4) is 0 Å². The number of nitrogens with zero attached hydrogens (tertiary/aromatic N) is 2. The fourth-order valence-corrected chi connectivity index (χ4v) is 2.10. The van der Waals surface area contributed by atoms with Crippen LogP contribution in [0.15, 0.2) is 18.2 Å². The summed E-state index contributed by atoms with van der Waals surface area (Å²) in [5.41, 5.74) is -0.396. The van der Waals surface area contributed by atoms with Crippen LogP contribution in [0.3, 0.4) is 0 Å². The molecule has 1 fully saturated rings. The number of carbonyl (C=O) groups excluding carboxylic acids is 1. The van der Waals surface area contributed by atoms with E-state index in [1.807, 2.05) is 6.92 Å². The Kier molecular flexibility index (Phi) is 3.75. The number of piperazine rings is 1. The van der Waals surface area contributed by atoms with Crippen molar-refractivity contribution in [2.45, 2.75) is 13.0 Å². The van der Waals surface area contributed by atoms with E-state index in [1.54, 1.807) is 4.90 Å². The third-order valence-corrected chi connectivity index (χ3v) is 3.00. The lowest BCUT2D eigenvalue weighted by molar-refractivity contribution is -0.385. The molecule has 0 unspecified atom stereocenters. The van der Waals surface area contributed by atoms with Crippen molar-refractivity contribution in [2.24, 2.45) is 0 Å². The molecule has 2 rings (SSSR count). The number of benzene rings is 1. The van der Waals surface area contributed by atoms with Gasteiger partial charge in [-0.15, -0.1) is 0 Å². The van der Waals surface area contributed by atoms with E-state index in [-0.39, 0.29) is 17.5 Å². The molecule has 1 N–H and O–H groups in total. The molecule has 102 valence electrons. The Bertz CT molecular complexity index is 521. The van der Waals surface area contributed by atoms with E-state index in [2.05, 4.69) is 5.32 Å². The van der Waals surface area contributed by atoms with Gasteiger partial charge in [0.15, 0.2) is 0 Å². The maximum atomic E-state index is 13.3. The fourth-order valence-electron chi connectivity index (χ4n) is 2.10. The molecule has 1 saturated heterocycles. The topological polar surface area (TPSA) is 75.5 Å². The molecule has 0 aliphatic carbocycles. The van der Waals surface area contributed by atoms with E-state index in [4.69, 9.17) is 0 Å². The minimum atomic E-state index is -0.777. The van der Waals surface area contributed by atoms with Crippen LogP contribution < -0.4 is 5.32 Å². The van der Waals surface area contributed by atoms with Crippen LogP contribution in [0.25, 0.3) is 0 Å². The van der Waals surface area contributed by atoms with Crippen LogP contribution in [0.1, 0.15) is 17.3 Å². The second-order valence-corrected chi connectivity index (χ2v) is 4.56. The average Bonchev–Trinajstić information content (AvgIpc) is 2.37. The molecule has 19 heavy (non-hydrogen) atoms.